The Kier molecular flexibility index (Phi) is 7.40. The fraction of sp³-hybridized carbons (Fsp3) is 0.440. The van der Waals surface area contributed by atoms with E-state index in [1.807, 2.05) is 67.6 Å². The van der Waals surface area contributed by atoms with Crippen molar-refractivity contribution in [3.8, 4) is 0 Å². The Hall–Kier alpha value is -2.50. The zero-order chi connectivity index (χ0) is 21.6. The summed E-state index contributed by atoms with van der Waals surface area (Å²) < 4.78 is 0. The largest absolute Gasteiger partial charge is 0.389 e. The number of amides is 1. The molecule has 0 spiro atoms. The van der Waals surface area contributed by atoms with E-state index in [1.54, 1.807) is 11.9 Å². The third-order valence-electron chi connectivity index (χ3n) is 6.35. The highest BCUT2D eigenvalue weighted by molar-refractivity contribution is 5.96. The quantitative estimate of drug-likeness (QED) is 0.676. The Morgan fingerprint density at radius 1 is 1.03 bits per heavy atom. The van der Waals surface area contributed by atoms with E-state index < -0.39 is 11.5 Å². The molecule has 1 saturated heterocycles. The van der Waals surface area contributed by atoms with Gasteiger partial charge in [-0.3, -0.25) is 9.59 Å². The summed E-state index contributed by atoms with van der Waals surface area (Å²) in [4.78, 5) is 29.1. The molecule has 1 fully saturated rings. The maximum absolute atomic E-state index is 12.9. The number of carbonyl (C=O) groups is 2. The van der Waals surface area contributed by atoms with Gasteiger partial charge in [0.05, 0.1) is 11.5 Å². The summed E-state index contributed by atoms with van der Waals surface area (Å²) in [7, 11) is 1.76. The number of Topliss-reactive ketones (excluding diaryl/α,β-unsaturated/α-hetero) is 1. The molecule has 1 heterocycles. The van der Waals surface area contributed by atoms with Gasteiger partial charge >= 0.3 is 0 Å². The summed E-state index contributed by atoms with van der Waals surface area (Å²) in [5, 5.41) is 11.2. The molecule has 0 saturated carbocycles. The molecule has 1 N–H and O–H groups in total. The van der Waals surface area contributed by atoms with Crippen LogP contribution in [0.1, 0.15) is 43.0 Å². The maximum atomic E-state index is 12.9. The normalized spacial score (nSPS) is 17.3. The van der Waals surface area contributed by atoms with Crippen LogP contribution in [0.3, 0.4) is 0 Å². The van der Waals surface area contributed by atoms with E-state index in [0.717, 1.165) is 37.3 Å². The van der Waals surface area contributed by atoms with Gasteiger partial charge in [-0.1, -0.05) is 55.5 Å². The average molecular weight is 409 g/mol. The molecule has 1 atom stereocenters. The van der Waals surface area contributed by atoms with Gasteiger partial charge in [-0.15, -0.1) is 0 Å². The second-order valence-electron chi connectivity index (χ2n) is 8.29. The molecule has 5 nitrogen and oxygen atoms in total. The molecule has 0 aromatic heterocycles. The van der Waals surface area contributed by atoms with Crippen molar-refractivity contribution < 1.29 is 14.7 Å². The minimum absolute atomic E-state index is 0.0643. The third-order valence-corrected chi connectivity index (χ3v) is 6.35. The predicted octanol–water partition coefficient (Wildman–Crippen LogP) is 3.78. The predicted molar refractivity (Wildman–Crippen MR) is 120 cm³/mol. The number of aliphatic hydroxyl groups is 1. The van der Waals surface area contributed by atoms with Crippen LogP contribution >= 0.6 is 0 Å². The molecule has 0 bridgehead atoms. The van der Waals surface area contributed by atoms with E-state index >= 15 is 0 Å². The lowest BCUT2D eigenvalue weighted by molar-refractivity contribution is -0.134. The van der Waals surface area contributed by atoms with Crippen LogP contribution in [0.4, 0.5) is 5.69 Å². The topological polar surface area (TPSA) is 60.9 Å². The van der Waals surface area contributed by atoms with Crippen LogP contribution in [0.25, 0.3) is 0 Å². The summed E-state index contributed by atoms with van der Waals surface area (Å²) in [6.45, 7) is 4.14. The lowest BCUT2D eigenvalue weighted by Crippen LogP contribution is -2.52. The standard InChI is InChI=1S/C25H32N2O3/c1-20(24(29)26(2)22-12-7-4-8-13-22)25(30)15-18-27(19-16-25)17-9-14-23(28)21-10-5-3-6-11-21/h3-8,10-13,20,30H,9,14-19H2,1-2H3. The zero-order valence-electron chi connectivity index (χ0n) is 18.0. The molecular formula is C25H32N2O3. The van der Waals surface area contributed by atoms with Crippen LogP contribution in [0.15, 0.2) is 60.7 Å². The summed E-state index contributed by atoms with van der Waals surface area (Å²) in [5.41, 5.74) is 0.607. The first-order chi connectivity index (χ1) is 14.4. The lowest BCUT2D eigenvalue weighted by atomic mass is 9.79. The second kappa shape index (κ2) is 10.0. The number of hydrogen-bond acceptors (Lipinski definition) is 4. The van der Waals surface area contributed by atoms with Crippen molar-refractivity contribution in [1.82, 2.24) is 4.90 Å². The molecule has 1 unspecified atom stereocenters. The van der Waals surface area contributed by atoms with E-state index in [0.29, 0.717) is 19.3 Å². The fourth-order valence-electron chi connectivity index (χ4n) is 4.13. The lowest BCUT2D eigenvalue weighted by Gasteiger charge is -2.42. The first-order valence-corrected chi connectivity index (χ1v) is 10.8. The Bertz CT molecular complexity index is 830. The minimum atomic E-state index is -0.990. The van der Waals surface area contributed by atoms with Gasteiger partial charge in [-0.2, -0.15) is 0 Å². The highest BCUT2D eigenvalue weighted by Gasteiger charge is 2.41. The van der Waals surface area contributed by atoms with Crippen LogP contribution in [0, 0.1) is 5.92 Å². The average Bonchev–Trinajstić information content (AvgIpc) is 2.80. The highest BCUT2D eigenvalue weighted by atomic mass is 16.3. The van der Waals surface area contributed by atoms with Gasteiger partial charge in [0.15, 0.2) is 5.78 Å². The van der Waals surface area contributed by atoms with Crippen molar-refractivity contribution in [2.45, 2.75) is 38.2 Å². The number of para-hydroxylation sites is 1. The number of piperidine rings is 1. The number of anilines is 1. The van der Waals surface area contributed by atoms with Crippen molar-refractivity contribution in [3.05, 3.63) is 66.2 Å². The monoisotopic (exact) mass is 408 g/mol. The van der Waals surface area contributed by atoms with Gasteiger partial charge < -0.3 is 14.9 Å². The Morgan fingerprint density at radius 2 is 1.60 bits per heavy atom. The van der Waals surface area contributed by atoms with Crippen LogP contribution in [-0.2, 0) is 4.79 Å². The van der Waals surface area contributed by atoms with Crippen LogP contribution in [0.5, 0.6) is 0 Å². The van der Waals surface area contributed by atoms with Crippen molar-refractivity contribution in [1.29, 1.82) is 0 Å². The van der Waals surface area contributed by atoms with Gasteiger partial charge in [0, 0.05) is 37.8 Å². The van der Waals surface area contributed by atoms with Crippen molar-refractivity contribution in [2.24, 2.45) is 5.92 Å². The zero-order valence-corrected chi connectivity index (χ0v) is 18.0. The van der Waals surface area contributed by atoms with Gasteiger partial charge in [0.2, 0.25) is 5.91 Å². The van der Waals surface area contributed by atoms with Crippen molar-refractivity contribution in [2.75, 3.05) is 31.6 Å². The SMILES string of the molecule is CC(C(=O)N(C)c1ccccc1)C1(O)CCN(CCCC(=O)c2ccccc2)CC1. The molecule has 1 aliphatic rings. The third kappa shape index (κ3) is 5.35. The molecular weight excluding hydrogens is 376 g/mol. The van der Waals surface area contributed by atoms with E-state index in [4.69, 9.17) is 0 Å². The van der Waals surface area contributed by atoms with Gasteiger partial charge in [-0.25, -0.2) is 0 Å². The number of ketones is 1. The van der Waals surface area contributed by atoms with Gasteiger partial charge in [0.1, 0.15) is 0 Å². The number of carbonyl (C=O) groups excluding carboxylic acids is 2. The fourth-order valence-corrected chi connectivity index (χ4v) is 4.13. The number of benzene rings is 2. The molecule has 2 aromatic carbocycles. The molecule has 2 aromatic rings. The summed E-state index contributed by atoms with van der Waals surface area (Å²) in [6.07, 6.45) is 2.46. The first-order valence-electron chi connectivity index (χ1n) is 10.8. The summed E-state index contributed by atoms with van der Waals surface area (Å²) >= 11 is 0. The van der Waals surface area contributed by atoms with E-state index in [-0.39, 0.29) is 11.7 Å². The molecule has 3 rings (SSSR count). The van der Waals surface area contributed by atoms with Crippen molar-refractivity contribution >= 4 is 17.4 Å². The molecule has 0 radical (unpaired) electrons. The number of nitrogens with zero attached hydrogens (tertiary/aromatic N) is 2. The highest BCUT2D eigenvalue weighted by Crippen LogP contribution is 2.32. The van der Waals surface area contributed by atoms with Crippen LogP contribution in [0.2, 0.25) is 0 Å². The maximum Gasteiger partial charge on any atom is 0.232 e. The molecule has 160 valence electrons. The Morgan fingerprint density at radius 3 is 2.20 bits per heavy atom. The minimum Gasteiger partial charge on any atom is -0.389 e. The smallest absolute Gasteiger partial charge is 0.232 e. The van der Waals surface area contributed by atoms with Gasteiger partial charge in [-0.05, 0) is 37.9 Å². The van der Waals surface area contributed by atoms with E-state index in [9.17, 15) is 14.7 Å². The molecule has 0 aliphatic carbocycles. The Balaban J connectivity index is 1.46. The van der Waals surface area contributed by atoms with Gasteiger partial charge in [0.25, 0.3) is 0 Å². The number of likely N-dealkylation sites (tertiary alicyclic amines) is 1. The summed E-state index contributed by atoms with van der Waals surface area (Å²) in [6, 6.07) is 18.9. The van der Waals surface area contributed by atoms with Crippen LogP contribution in [-0.4, -0.2) is 54.0 Å². The van der Waals surface area contributed by atoms with Crippen molar-refractivity contribution in [3.63, 3.8) is 0 Å². The number of hydrogen-bond donors (Lipinski definition) is 1. The summed E-state index contributed by atoms with van der Waals surface area (Å²) in [5.74, 6) is -0.359. The number of rotatable bonds is 8. The first kappa shape index (κ1) is 22.2. The Labute approximate surface area is 179 Å². The van der Waals surface area contributed by atoms with E-state index in [2.05, 4.69) is 4.90 Å². The van der Waals surface area contributed by atoms with E-state index in [1.165, 1.54) is 0 Å². The molecule has 30 heavy (non-hydrogen) atoms. The molecule has 5 heteroatoms. The molecule has 1 amide bonds. The second-order valence-corrected chi connectivity index (χ2v) is 8.29. The van der Waals surface area contributed by atoms with Crippen LogP contribution < -0.4 is 4.90 Å². The molecule has 1 aliphatic heterocycles.